The molecule has 3 aromatic rings. The monoisotopic (exact) mass is 731 g/mol. The van der Waals surface area contributed by atoms with E-state index >= 15 is 8.78 Å². The molecule has 3 fully saturated rings. The number of rotatable bonds is 12. The van der Waals surface area contributed by atoms with Gasteiger partial charge in [0.1, 0.15) is 23.5 Å². The predicted molar refractivity (Wildman–Crippen MR) is 180 cm³/mol. The molecule has 2 unspecified atom stereocenters. The van der Waals surface area contributed by atoms with Crippen LogP contribution in [0.1, 0.15) is 78.6 Å². The smallest absolute Gasteiger partial charge is 0.416 e. The number of carbonyl (C=O) groups excluding carboxylic acids is 1. The van der Waals surface area contributed by atoms with Crippen LogP contribution in [0.15, 0.2) is 35.3 Å². The second-order valence-corrected chi connectivity index (χ2v) is 14.0. The van der Waals surface area contributed by atoms with Gasteiger partial charge in [0.25, 0.3) is 5.56 Å². The molecule has 2 aromatic carbocycles. The van der Waals surface area contributed by atoms with Crippen molar-refractivity contribution in [3.05, 3.63) is 91.6 Å². The van der Waals surface area contributed by atoms with Crippen molar-refractivity contribution in [3.63, 3.8) is 0 Å². The molecular formula is C38H39F6N3O5. The summed E-state index contributed by atoms with van der Waals surface area (Å²) in [5, 5.41) is 12.2. The molecule has 1 aromatic heterocycles. The van der Waals surface area contributed by atoms with Crippen molar-refractivity contribution in [1.82, 2.24) is 14.8 Å². The number of aromatic nitrogens is 1. The van der Waals surface area contributed by atoms with Crippen molar-refractivity contribution in [3.8, 4) is 23.5 Å². The van der Waals surface area contributed by atoms with Crippen LogP contribution in [-0.2, 0) is 26.9 Å². The van der Waals surface area contributed by atoms with Gasteiger partial charge in [-0.1, -0.05) is 19.8 Å². The molecule has 0 aliphatic carbocycles. The first kappa shape index (κ1) is 38.6. The maximum absolute atomic E-state index is 16.5. The van der Waals surface area contributed by atoms with E-state index in [4.69, 9.17) is 11.2 Å². The maximum Gasteiger partial charge on any atom is 0.416 e. The molecule has 2 bridgehead atoms. The van der Waals surface area contributed by atoms with Crippen LogP contribution in [0.4, 0.5) is 26.3 Å². The highest BCUT2D eigenvalue weighted by molar-refractivity contribution is 5.82. The number of ether oxygens (including phenoxy) is 1. The van der Waals surface area contributed by atoms with Crippen LogP contribution in [0.25, 0.3) is 11.1 Å². The van der Waals surface area contributed by atoms with E-state index in [-0.39, 0.29) is 65.3 Å². The number of nitrogens with zero attached hydrogens (tertiary/aromatic N) is 2. The van der Waals surface area contributed by atoms with Gasteiger partial charge in [-0.2, -0.15) is 13.2 Å². The lowest BCUT2D eigenvalue weighted by molar-refractivity contribution is -0.180. The van der Waals surface area contributed by atoms with Gasteiger partial charge in [0.15, 0.2) is 0 Å². The molecule has 0 saturated carbocycles. The Morgan fingerprint density at radius 1 is 1.06 bits per heavy atom. The number of fused-ring (bicyclic) bond motifs is 2. The third kappa shape index (κ3) is 8.21. The Hall–Kier alpha value is -4.61. The fraction of sp³-hybridized carbons (Fsp3) is 0.447. The van der Waals surface area contributed by atoms with Crippen molar-refractivity contribution >= 4 is 11.9 Å². The lowest BCUT2D eigenvalue weighted by atomic mass is 9.89. The van der Waals surface area contributed by atoms with E-state index in [1.54, 1.807) is 13.8 Å². The van der Waals surface area contributed by atoms with Crippen molar-refractivity contribution < 1.29 is 45.8 Å². The second kappa shape index (κ2) is 15.2. The number of benzene rings is 2. The summed E-state index contributed by atoms with van der Waals surface area (Å²) in [6, 6.07) is 0.344. The standard InChI is InChI=1S/C38H39F6N3O5/c1-6-22-12-27(33-20(4)10-24(39)11-21(33)5)36(41)34(35(22)40)29(15-32(49)50)45-37(51)30(9-19(2)3)47-16-23(28(14-31(47)48)38(42,43)44)7-8-46-17-25-13-26(18-46)52-25/h1,10-12,14,16,19,25-26,29-30H,7-9,13,15,17-18H2,2-5H3,(H,45,51)(H,49,50)/t25?,26?,29-,30-/m0/s1. The number of aryl methyl sites for hydroxylation is 2. The van der Waals surface area contributed by atoms with Crippen molar-refractivity contribution in [1.29, 1.82) is 0 Å². The van der Waals surface area contributed by atoms with E-state index in [9.17, 15) is 37.1 Å². The Morgan fingerprint density at radius 3 is 2.21 bits per heavy atom. The number of carboxylic acids is 1. The zero-order valence-electron chi connectivity index (χ0n) is 29.0. The summed E-state index contributed by atoms with van der Waals surface area (Å²) in [5.74, 6) is -4.00. The third-order valence-corrected chi connectivity index (χ3v) is 9.53. The third-order valence-electron chi connectivity index (χ3n) is 9.53. The summed E-state index contributed by atoms with van der Waals surface area (Å²) in [4.78, 5) is 41.4. The number of hydrogen-bond acceptors (Lipinski definition) is 5. The van der Waals surface area contributed by atoms with E-state index in [0.29, 0.717) is 19.2 Å². The molecule has 0 spiro atoms. The van der Waals surface area contributed by atoms with E-state index in [1.165, 1.54) is 13.8 Å². The van der Waals surface area contributed by atoms with E-state index in [0.717, 1.165) is 35.4 Å². The van der Waals surface area contributed by atoms with Gasteiger partial charge >= 0.3 is 12.1 Å². The number of aliphatic carboxylic acids is 1. The average Bonchev–Trinajstić information content (AvgIpc) is 3.02. The molecule has 278 valence electrons. The molecule has 1 amide bonds. The number of amides is 1. The van der Waals surface area contributed by atoms with Crippen molar-refractivity contribution in [2.24, 2.45) is 5.92 Å². The summed E-state index contributed by atoms with van der Waals surface area (Å²) in [6.45, 7) is 7.73. The molecule has 8 nitrogen and oxygen atoms in total. The molecule has 6 rings (SSSR count). The van der Waals surface area contributed by atoms with Gasteiger partial charge in [-0.3, -0.25) is 19.3 Å². The summed E-state index contributed by atoms with van der Waals surface area (Å²) in [6.07, 6.45) is 1.35. The number of nitrogens with one attached hydrogen (secondary N) is 1. The molecule has 52 heavy (non-hydrogen) atoms. The number of halogens is 6. The zero-order chi connectivity index (χ0) is 38.2. The van der Waals surface area contributed by atoms with Crippen LogP contribution in [0, 0.1) is 49.6 Å². The molecule has 3 aliphatic heterocycles. The molecule has 3 saturated heterocycles. The van der Waals surface area contributed by atoms with E-state index in [2.05, 4.69) is 11.2 Å². The summed E-state index contributed by atoms with van der Waals surface area (Å²) in [7, 11) is 0. The SMILES string of the molecule is C#Cc1cc(-c2c(C)cc(F)cc2C)c(F)c([C@H](CC(=O)O)NC(=O)[C@H](CC(C)C)n2cc(CCN3CC4CC(C3)O4)c(C(F)(F)F)cc2=O)c1F. The summed E-state index contributed by atoms with van der Waals surface area (Å²) < 4.78 is 95.6. The minimum absolute atomic E-state index is 0.0171. The van der Waals surface area contributed by atoms with Crippen molar-refractivity contribution in [2.45, 2.75) is 83.8 Å². The number of hydrogen-bond donors (Lipinski definition) is 2. The molecular weight excluding hydrogens is 692 g/mol. The van der Waals surface area contributed by atoms with Crippen LogP contribution in [0.3, 0.4) is 0 Å². The lowest BCUT2D eigenvalue weighted by Crippen LogP contribution is -2.57. The number of alkyl halides is 3. The fourth-order valence-corrected chi connectivity index (χ4v) is 7.25. The molecule has 4 heterocycles. The zero-order valence-corrected chi connectivity index (χ0v) is 29.0. The van der Waals surface area contributed by atoms with Gasteiger partial charge in [-0.05, 0) is 73.1 Å². The minimum atomic E-state index is -4.88. The first-order valence-corrected chi connectivity index (χ1v) is 16.9. The van der Waals surface area contributed by atoms with Gasteiger partial charge in [-0.15, -0.1) is 6.42 Å². The average molecular weight is 732 g/mol. The molecule has 3 aliphatic rings. The first-order chi connectivity index (χ1) is 24.4. The van der Waals surface area contributed by atoms with Crippen LogP contribution < -0.4 is 10.9 Å². The van der Waals surface area contributed by atoms with Gasteiger partial charge in [0.2, 0.25) is 5.91 Å². The lowest BCUT2D eigenvalue weighted by Gasteiger charge is -2.47. The molecule has 14 heteroatoms. The van der Waals surface area contributed by atoms with Crippen LogP contribution in [-0.4, -0.2) is 58.3 Å². The number of morpholine rings is 1. The van der Waals surface area contributed by atoms with Crippen LogP contribution in [0.2, 0.25) is 0 Å². The Bertz CT molecular complexity index is 1950. The van der Waals surface area contributed by atoms with Crippen LogP contribution >= 0.6 is 0 Å². The second-order valence-electron chi connectivity index (χ2n) is 14.0. The highest BCUT2D eigenvalue weighted by Crippen LogP contribution is 2.38. The van der Waals surface area contributed by atoms with E-state index in [1.807, 2.05) is 4.90 Å². The number of piperidine rings is 1. The van der Waals surface area contributed by atoms with Gasteiger partial charge in [0, 0.05) is 49.4 Å². The number of pyridine rings is 1. The highest BCUT2D eigenvalue weighted by atomic mass is 19.4. The number of terminal acetylenes is 1. The molecule has 2 N–H and O–H groups in total. The van der Waals surface area contributed by atoms with Gasteiger partial charge in [0.05, 0.1) is 35.8 Å². The van der Waals surface area contributed by atoms with E-state index < -0.39 is 76.3 Å². The largest absolute Gasteiger partial charge is 0.481 e. The highest BCUT2D eigenvalue weighted by Gasteiger charge is 2.40. The number of carboxylic acid groups (broad SMARTS) is 1. The normalized spacial score (nSPS) is 18.4. The Kier molecular flexibility index (Phi) is 11.3. The molecule has 4 atom stereocenters. The summed E-state index contributed by atoms with van der Waals surface area (Å²) in [5.41, 5.74) is -3.40. The Labute approximate surface area is 296 Å². The number of carbonyl (C=O) groups is 2. The van der Waals surface area contributed by atoms with Crippen molar-refractivity contribution in [2.75, 3.05) is 19.6 Å². The minimum Gasteiger partial charge on any atom is -0.481 e. The van der Waals surface area contributed by atoms with Gasteiger partial charge < -0.3 is 19.7 Å². The molecule has 0 radical (unpaired) electrons. The fourth-order valence-electron chi connectivity index (χ4n) is 7.25. The maximum atomic E-state index is 16.5. The quantitative estimate of drug-likeness (QED) is 0.163. The Morgan fingerprint density at radius 2 is 1.67 bits per heavy atom. The van der Waals surface area contributed by atoms with Gasteiger partial charge in [-0.25, -0.2) is 13.2 Å². The van der Waals surface area contributed by atoms with Crippen LogP contribution in [0.5, 0.6) is 0 Å². The summed E-state index contributed by atoms with van der Waals surface area (Å²) >= 11 is 0. The first-order valence-electron chi connectivity index (χ1n) is 16.9. The predicted octanol–water partition coefficient (Wildman–Crippen LogP) is 6.48. The Balaban J connectivity index is 1.56. The topological polar surface area (TPSA) is 101 Å².